The summed E-state index contributed by atoms with van der Waals surface area (Å²) in [6, 6.07) is 4.43. The summed E-state index contributed by atoms with van der Waals surface area (Å²) in [5, 5.41) is 12.1. The Morgan fingerprint density at radius 3 is 2.75 bits per heavy atom. The lowest BCUT2D eigenvalue weighted by Gasteiger charge is -2.28. The lowest BCUT2D eigenvalue weighted by molar-refractivity contribution is 0.368. The summed E-state index contributed by atoms with van der Waals surface area (Å²) >= 11 is 0. The first-order valence-electron chi connectivity index (χ1n) is 3.99. The fourth-order valence-electron chi connectivity index (χ4n) is 1.35. The van der Waals surface area contributed by atoms with Gasteiger partial charge in [0.25, 0.3) is 0 Å². The number of halogens is 1. The second kappa shape index (κ2) is 2.75. The molecule has 12 heavy (non-hydrogen) atoms. The third-order valence-corrected chi connectivity index (χ3v) is 2.18. The fourth-order valence-corrected chi connectivity index (χ4v) is 1.35. The van der Waals surface area contributed by atoms with Crippen molar-refractivity contribution in [2.24, 2.45) is 0 Å². The van der Waals surface area contributed by atoms with Crippen molar-refractivity contribution in [3.8, 4) is 5.75 Å². The van der Waals surface area contributed by atoms with Crippen LogP contribution in [-0.4, -0.2) is 11.7 Å². The van der Waals surface area contributed by atoms with Crippen LogP contribution in [0.25, 0.3) is 0 Å². The van der Waals surface area contributed by atoms with Crippen LogP contribution >= 0.6 is 0 Å². The van der Waals surface area contributed by atoms with E-state index < -0.39 is 0 Å². The zero-order valence-corrected chi connectivity index (χ0v) is 6.55. The van der Waals surface area contributed by atoms with E-state index in [0.29, 0.717) is 5.56 Å². The molecule has 3 heteroatoms. The molecule has 0 amide bonds. The van der Waals surface area contributed by atoms with Crippen LogP contribution in [0, 0.1) is 5.82 Å². The molecule has 1 heterocycles. The highest BCUT2D eigenvalue weighted by molar-refractivity contribution is 5.30. The molecule has 2 N–H and O–H groups in total. The van der Waals surface area contributed by atoms with E-state index in [1.165, 1.54) is 6.07 Å². The number of hydrogen-bond acceptors (Lipinski definition) is 2. The smallest absolute Gasteiger partial charge is 0.131 e. The summed E-state index contributed by atoms with van der Waals surface area (Å²) < 4.78 is 13.1. The van der Waals surface area contributed by atoms with Crippen LogP contribution in [0.1, 0.15) is 18.0 Å². The third kappa shape index (κ3) is 1.16. The number of aromatic hydroxyl groups is 1. The first kappa shape index (κ1) is 7.55. The van der Waals surface area contributed by atoms with E-state index in [-0.39, 0.29) is 17.6 Å². The van der Waals surface area contributed by atoms with Gasteiger partial charge in [0.2, 0.25) is 0 Å². The molecule has 0 aromatic heterocycles. The number of phenolic OH excluding ortho intramolecular Hbond substituents is 1. The van der Waals surface area contributed by atoms with Crippen LogP contribution in [-0.2, 0) is 0 Å². The van der Waals surface area contributed by atoms with E-state index >= 15 is 0 Å². The molecular weight excluding hydrogens is 157 g/mol. The molecular formula is C9H10FNO. The molecule has 0 spiro atoms. The molecule has 1 fully saturated rings. The molecule has 2 rings (SSSR count). The van der Waals surface area contributed by atoms with Crippen molar-refractivity contribution in [3.63, 3.8) is 0 Å². The molecule has 1 aliphatic heterocycles. The van der Waals surface area contributed by atoms with Crippen molar-refractivity contribution in [2.75, 3.05) is 6.54 Å². The van der Waals surface area contributed by atoms with Crippen LogP contribution in [0.3, 0.4) is 0 Å². The number of rotatable bonds is 1. The Kier molecular flexibility index (Phi) is 1.73. The lowest BCUT2D eigenvalue weighted by Crippen LogP contribution is -2.35. The summed E-state index contributed by atoms with van der Waals surface area (Å²) in [4.78, 5) is 0. The van der Waals surface area contributed by atoms with Crippen LogP contribution < -0.4 is 5.32 Å². The maximum absolute atomic E-state index is 13.1. The van der Waals surface area contributed by atoms with E-state index in [1.54, 1.807) is 6.07 Å². The Bertz CT molecular complexity index is 297. The van der Waals surface area contributed by atoms with Gasteiger partial charge in [0.15, 0.2) is 0 Å². The summed E-state index contributed by atoms with van der Waals surface area (Å²) in [7, 11) is 0. The number of phenols is 1. The van der Waals surface area contributed by atoms with Crippen molar-refractivity contribution in [2.45, 2.75) is 12.5 Å². The molecule has 1 atom stereocenters. The maximum atomic E-state index is 13.1. The standard InChI is InChI=1S/C9H10FNO/c10-8-5-6(12)1-2-7(8)9-3-4-11-9/h1-2,5,9,11-12H,3-4H2. The Morgan fingerprint density at radius 1 is 1.50 bits per heavy atom. The fraction of sp³-hybridized carbons (Fsp3) is 0.333. The second-order valence-electron chi connectivity index (χ2n) is 3.00. The van der Waals surface area contributed by atoms with Gasteiger partial charge in [-0.05, 0) is 19.0 Å². The Morgan fingerprint density at radius 2 is 2.25 bits per heavy atom. The quantitative estimate of drug-likeness (QED) is 0.665. The Labute approximate surface area is 70.0 Å². The largest absolute Gasteiger partial charge is 0.508 e. The minimum atomic E-state index is -0.327. The molecule has 1 aromatic carbocycles. The molecule has 1 aromatic rings. The molecule has 0 saturated carbocycles. The molecule has 0 aliphatic carbocycles. The zero-order chi connectivity index (χ0) is 8.55. The maximum Gasteiger partial charge on any atom is 0.131 e. The highest BCUT2D eigenvalue weighted by Gasteiger charge is 2.21. The van der Waals surface area contributed by atoms with Gasteiger partial charge in [-0.15, -0.1) is 0 Å². The summed E-state index contributed by atoms with van der Waals surface area (Å²) in [6.45, 7) is 0.949. The predicted molar refractivity (Wildman–Crippen MR) is 43.4 cm³/mol. The highest BCUT2D eigenvalue weighted by atomic mass is 19.1. The summed E-state index contributed by atoms with van der Waals surface area (Å²) in [5.74, 6) is -0.345. The van der Waals surface area contributed by atoms with Crippen LogP contribution in [0.2, 0.25) is 0 Å². The van der Waals surface area contributed by atoms with E-state index in [9.17, 15) is 4.39 Å². The molecule has 0 radical (unpaired) electrons. The average molecular weight is 167 g/mol. The van der Waals surface area contributed by atoms with Gasteiger partial charge < -0.3 is 10.4 Å². The van der Waals surface area contributed by atoms with E-state index in [2.05, 4.69) is 5.32 Å². The molecule has 2 nitrogen and oxygen atoms in total. The third-order valence-electron chi connectivity index (χ3n) is 2.18. The van der Waals surface area contributed by atoms with Gasteiger partial charge >= 0.3 is 0 Å². The molecule has 1 aliphatic rings. The molecule has 1 saturated heterocycles. The number of benzene rings is 1. The highest BCUT2D eigenvalue weighted by Crippen LogP contribution is 2.27. The van der Waals surface area contributed by atoms with Gasteiger partial charge in [0, 0.05) is 17.7 Å². The van der Waals surface area contributed by atoms with Gasteiger partial charge in [-0.2, -0.15) is 0 Å². The minimum Gasteiger partial charge on any atom is -0.508 e. The van der Waals surface area contributed by atoms with Gasteiger partial charge in [-0.1, -0.05) is 6.07 Å². The Balaban J connectivity index is 2.31. The summed E-state index contributed by atoms with van der Waals surface area (Å²) in [6.07, 6.45) is 0.974. The average Bonchev–Trinajstić information content (AvgIpc) is 1.91. The molecule has 0 bridgehead atoms. The van der Waals surface area contributed by atoms with Crippen molar-refractivity contribution in [1.29, 1.82) is 0 Å². The first-order chi connectivity index (χ1) is 5.77. The SMILES string of the molecule is Oc1ccc(C2CCN2)c(F)c1. The van der Waals surface area contributed by atoms with Gasteiger partial charge in [0.05, 0.1) is 0 Å². The Hall–Kier alpha value is -1.09. The predicted octanol–water partition coefficient (Wildman–Crippen LogP) is 1.57. The molecule has 1 unspecified atom stereocenters. The van der Waals surface area contributed by atoms with Gasteiger partial charge in [0.1, 0.15) is 11.6 Å². The van der Waals surface area contributed by atoms with Crippen molar-refractivity contribution >= 4 is 0 Å². The van der Waals surface area contributed by atoms with E-state index in [1.807, 2.05) is 0 Å². The van der Waals surface area contributed by atoms with E-state index in [0.717, 1.165) is 19.0 Å². The molecule has 64 valence electrons. The zero-order valence-electron chi connectivity index (χ0n) is 6.55. The van der Waals surface area contributed by atoms with E-state index in [4.69, 9.17) is 5.11 Å². The normalized spacial score (nSPS) is 21.9. The van der Waals surface area contributed by atoms with Crippen LogP contribution in [0.5, 0.6) is 5.75 Å². The summed E-state index contributed by atoms with van der Waals surface area (Å²) in [5.41, 5.74) is 0.652. The number of hydrogen-bond donors (Lipinski definition) is 2. The van der Waals surface area contributed by atoms with Crippen molar-refractivity contribution in [1.82, 2.24) is 5.32 Å². The van der Waals surface area contributed by atoms with Crippen LogP contribution in [0.15, 0.2) is 18.2 Å². The monoisotopic (exact) mass is 167 g/mol. The second-order valence-corrected chi connectivity index (χ2v) is 3.00. The number of nitrogens with one attached hydrogen (secondary N) is 1. The van der Waals surface area contributed by atoms with Crippen molar-refractivity contribution in [3.05, 3.63) is 29.6 Å². The minimum absolute atomic E-state index is 0.0180. The first-order valence-corrected chi connectivity index (χ1v) is 3.99. The van der Waals surface area contributed by atoms with Crippen LogP contribution in [0.4, 0.5) is 4.39 Å². The topological polar surface area (TPSA) is 32.3 Å². The lowest BCUT2D eigenvalue weighted by atomic mass is 9.97. The van der Waals surface area contributed by atoms with Gasteiger partial charge in [-0.25, -0.2) is 4.39 Å². The van der Waals surface area contributed by atoms with Gasteiger partial charge in [-0.3, -0.25) is 0 Å². The van der Waals surface area contributed by atoms with Crippen molar-refractivity contribution < 1.29 is 9.50 Å².